The van der Waals surface area contributed by atoms with Crippen molar-refractivity contribution in [3.63, 3.8) is 0 Å². The Morgan fingerprint density at radius 2 is 2.10 bits per heavy atom. The van der Waals surface area contributed by atoms with E-state index < -0.39 is 0 Å². The Morgan fingerprint density at radius 3 is 2.90 bits per heavy atom. The number of hydrogen-bond acceptors (Lipinski definition) is 3. The zero-order valence-corrected chi connectivity index (χ0v) is 13.2. The van der Waals surface area contributed by atoms with E-state index in [1.54, 1.807) is 4.57 Å². The van der Waals surface area contributed by atoms with Crippen molar-refractivity contribution in [3.05, 3.63) is 62.1 Å². The molecule has 1 aromatic carbocycles. The Hall–Kier alpha value is -1.89. The van der Waals surface area contributed by atoms with Gasteiger partial charge in [0.15, 0.2) is 3.77 Å². The molecule has 0 aliphatic carbocycles. The van der Waals surface area contributed by atoms with Crippen molar-refractivity contribution in [1.29, 1.82) is 0 Å². The van der Waals surface area contributed by atoms with E-state index in [-0.39, 0.29) is 5.56 Å². The first-order chi connectivity index (χ1) is 10.2. The van der Waals surface area contributed by atoms with Gasteiger partial charge in [-0.15, -0.1) is 0 Å². The first-order valence-corrected chi connectivity index (χ1v) is 7.76. The number of fused-ring (bicyclic) bond motifs is 2. The lowest BCUT2D eigenvalue weighted by Gasteiger charge is -2.04. The van der Waals surface area contributed by atoms with E-state index in [4.69, 9.17) is 4.42 Å². The fourth-order valence-electron chi connectivity index (χ4n) is 2.68. The van der Waals surface area contributed by atoms with E-state index in [9.17, 15) is 4.79 Å². The van der Waals surface area contributed by atoms with Crippen LogP contribution < -0.4 is 5.56 Å². The summed E-state index contributed by atoms with van der Waals surface area (Å²) in [6.07, 6.45) is 2.78. The standard InChI is InChI=1S/C16H11IN2O2/c17-14-6-5-11(21-14)9-10-7-8-19-15(10)18-13-4-2-1-3-12(13)16(19)20/h1-6,9H,7-8H2. The molecule has 1 aliphatic rings. The van der Waals surface area contributed by atoms with E-state index in [1.807, 2.05) is 42.5 Å². The van der Waals surface area contributed by atoms with Crippen LogP contribution >= 0.6 is 22.6 Å². The van der Waals surface area contributed by atoms with Gasteiger partial charge in [0, 0.05) is 12.1 Å². The van der Waals surface area contributed by atoms with Crippen molar-refractivity contribution in [2.75, 3.05) is 0 Å². The van der Waals surface area contributed by atoms with Gasteiger partial charge >= 0.3 is 0 Å². The summed E-state index contributed by atoms with van der Waals surface area (Å²) in [5.74, 6) is 1.55. The monoisotopic (exact) mass is 390 g/mol. The molecule has 0 saturated heterocycles. The minimum absolute atomic E-state index is 0.0352. The largest absolute Gasteiger partial charge is 0.451 e. The summed E-state index contributed by atoms with van der Waals surface area (Å²) in [4.78, 5) is 17.1. The summed E-state index contributed by atoms with van der Waals surface area (Å²) >= 11 is 2.14. The molecule has 0 unspecified atom stereocenters. The fraction of sp³-hybridized carbons (Fsp3) is 0.125. The molecular weight excluding hydrogens is 379 g/mol. The molecule has 0 spiro atoms. The average molecular weight is 390 g/mol. The van der Waals surface area contributed by atoms with Crippen LogP contribution in [0.1, 0.15) is 18.0 Å². The molecule has 0 bridgehead atoms. The van der Waals surface area contributed by atoms with E-state index in [0.29, 0.717) is 11.9 Å². The van der Waals surface area contributed by atoms with Crippen molar-refractivity contribution in [2.45, 2.75) is 13.0 Å². The summed E-state index contributed by atoms with van der Waals surface area (Å²) in [5.41, 5.74) is 1.83. The van der Waals surface area contributed by atoms with Crippen LogP contribution in [0.25, 0.3) is 22.6 Å². The lowest BCUT2D eigenvalue weighted by atomic mass is 10.2. The second kappa shape index (κ2) is 4.84. The fourth-order valence-corrected chi connectivity index (χ4v) is 3.11. The topological polar surface area (TPSA) is 48.0 Å². The maximum Gasteiger partial charge on any atom is 0.261 e. The van der Waals surface area contributed by atoms with Crippen LogP contribution in [0.4, 0.5) is 0 Å². The first-order valence-electron chi connectivity index (χ1n) is 6.68. The quantitative estimate of drug-likeness (QED) is 0.598. The molecule has 0 fully saturated rings. The van der Waals surface area contributed by atoms with E-state index in [1.165, 1.54) is 0 Å². The Bertz CT molecular complexity index is 937. The van der Waals surface area contributed by atoms with Crippen LogP contribution in [0, 0.1) is 3.77 Å². The molecule has 0 N–H and O–H groups in total. The number of rotatable bonds is 1. The lowest BCUT2D eigenvalue weighted by Crippen LogP contribution is -2.20. The van der Waals surface area contributed by atoms with Crippen LogP contribution in [-0.2, 0) is 6.54 Å². The highest BCUT2D eigenvalue weighted by atomic mass is 127. The smallest absolute Gasteiger partial charge is 0.261 e. The molecule has 0 atom stereocenters. The Balaban J connectivity index is 1.92. The van der Waals surface area contributed by atoms with Crippen molar-refractivity contribution in [3.8, 4) is 0 Å². The maximum absolute atomic E-state index is 12.5. The predicted octanol–water partition coefficient (Wildman–Crippen LogP) is 3.54. The molecule has 4 rings (SSSR count). The zero-order valence-electron chi connectivity index (χ0n) is 11.0. The third kappa shape index (κ3) is 2.12. The Morgan fingerprint density at radius 1 is 1.24 bits per heavy atom. The molecule has 0 saturated carbocycles. The molecule has 3 heterocycles. The van der Waals surface area contributed by atoms with Crippen LogP contribution in [0.3, 0.4) is 0 Å². The van der Waals surface area contributed by atoms with Crippen molar-refractivity contribution < 1.29 is 4.42 Å². The SMILES string of the molecule is O=c1c2ccccc2nc2n1CCC2=Cc1ccc(I)o1. The Kier molecular flexibility index (Phi) is 2.95. The molecule has 104 valence electrons. The van der Waals surface area contributed by atoms with Gasteiger partial charge in [-0.1, -0.05) is 12.1 Å². The van der Waals surface area contributed by atoms with Crippen LogP contribution in [-0.4, -0.2) is 9.55 Å². The van der Waals surface area contributed by atoms with Crippen LogP contribution in [0.2, 0.25) is 0 Å². The van der Waals surface area contributed by atoms with Gasteiger partial charge in [0.2, 0.25) is 0 Å². The summed E-state index contributed by atoms with van der Waals surface area (Å²) in [5, 5.41) is 0.676. The lowest BCUT2D eigenvalue weighted by molar-refractivity contribution is 0.528. The van der Waals surface area contributed by atoms with Crippen LogP contribution in [0.5, 0.6) is 0 Å². The van der Waals surface area contributed by atoms with Gasteiger partial charge in [-0.2, -0.15) is 0 Å². The number of benzene rings is 1. The van der Waals surface area contributed by atoms with Gasteiger partial charge in [-0.25, -0.2) is 4.98 Å². The first kappa shape index (κ1) is 12.8. The van der Waals surface area contributed by atoms with Gasteiger partial charge in [0.1, 0.15) is 11.6 Å². The van der Waals surface area contributed by atoms with Crippen molar-refractivity contribution in [2.24, 2.45) is 0 Å². The minimum Gasteiger partial charge on any atom is -0.451 e. The molecule has 1 aliphatic heterocycles. The van der Waals surface area contributed by atoms with Gasteiger partial charge < -0.3 is 4.42 Å². The molecule has 3 aromatic rings. The van der Waals surface area contributed by atoms with E-state index in [0.717, 1.165) is 32.9 Å². The third-order valence-corrected chi connectivity index (χ3v) is 4.24. The summed E-state index contributed by atoms with van der Waals surface area (Å²) in [6, 6.07) is 11.3. The van der Waals surface area contributed by atoms with Crippen LogP contribution in [0.15, 0.2) is 45.6 Å². The summed E-state index contributed by atoms with van der Waals surface area (Å²) < 4.78 is 8.17. The highest BCUT2D eigenvalue weighted by Gasteiger charge is 2.21. The molecule has 0 amide bonds. The normalized spacial score (nSPS) is 15.8. The number of para-hydroxylation sites is 1. The minimum atomic E-state index is 0.0352. The number of aromatic nitrogens is 2. The number of nitrogens with zero attached hydrogens (tertiary/aromatic N) is 2. The number of halogens is 1. The second-order valence-electron chi connectivity index (χ2n) is 4.97. The molecule has 0 radical (unpaired) electrons. The highest BCUT2D eigenvalue weighted by molar-refractivity contribution is 14.1. The van der Waals surface area contributed by atoms with Gasteiger partial charge in [-0.3, -0.25) is 9.36 Å². The second-order valence-corrected chi connectivity index (χ2v) is 6.03. The maximum atomic E-state index is 12.5. The van der Waals surface area contributed by atoms with Gasteiger partial charge in [-0.05, 0) is 59.4 Å². The molecule has 2 aromatic heterocycles. The number of furan rings is 1. The number of allylic oxidation sites excluding steroid dienone is 1. The zero-order chi connectivity index (χ0) is 14.4. The molecular formula is C16H11IN2O2. The van der Waals surface area contributed by atoms with Crippen molar-refractivity contribution >= 4 is 45.1 Å². The van der Waals surface area contributed by atoms with Gasteiger partial charge in [0.25, 0.3) is 5.56 Å². The van der Waals surface area contributed by atoms with E-state index >= 15 is 0 Å². The third-order valence-electron chi connectivity index (χ3n) is 3.66. The number of hydrogen-bond donors (Lipinski definition) is 0. The predicted molar refractivity (Wildman–Crippen MR) is 89.9 cm³/mol. The highest BCUT2D eigenvalue weighted by Crippen LogP contribution is 2.28. The average Bonchev–Trinajstić information content (AvgIpc) is 3.07. The molecule has 4 nitrogen and oxygen atoms in total. The molecule has 5 heteroatoms. The summed E-state index contributed by atoms with van der Waals surface area (Å²) in [7, 11) is 0. The molecule has 21 heavy (non-hydrogen) atoms. The Labute approximate surface area is 134 Å². The summed E-state index contributed by atoms with van der Waals surface area (Å²) in [6.45, 7) is 0.676. The van der Waals surface area contributed by atoms with Crippen molar-refractivity contribution in [1.82, 2.24) is 9.55 Å². The van der Waals surface area contributed by atoms with E-state index in [2.05, 4.69) is 27.6 Å². The van der Waals surface area contributed by atoms with Gasteiger partial charge in [0.05, 0.1) is 10.9 Å².